The molecule has 3 aromatic rings. The number of carbonyl (C=O) groups excluding carboxylic acids is 3. The summed E-state index contributed by atoms with van der Waals surface area (Å²) in [4.78, 5) is 55.2. The standard InChI is InChI=1S/C33H38N6O5S.C2HF3O2/c1-34-19-24-6-3-4-7-25(24)20-38(31(41)22-11-14-39(15-12-22)45(2,43)44)21-29(40)36-27-10-9-23-17-33(18-26(23)16-27)28-8-5-13-35-30(28)37-32(33)42;3-2(4,5)1(6)7/h3-10,13,16,22,34H,11-12,14-15,17-21H2,1-2H3,(H,36,40)(H,35,37,42);(H,6,7). The van der Waals surface area contributed by atoms with Crippen LogP contribution in [0.1, 0.15) is 40.7 Å². The number of rotatable bonds is 9. The van der Waals surface area contributed by atoms with Crippen molar-refractivity contribution in [3.63, 3.8) is 0 Å². The first-order valence-corrected chi connectivity index (χ1v) is 18.3. The third-order valence-electron chi connectivity index (χ3n) is 9.47. The third-order valence-corrected chi connectivity index (χ3v) is 10.8. The van der Waals surface area contributed by atoms with E-state index in [9.17, 15) is 36.0 Å². The Kier molecular flexibility index (Phi) is 11.4. The highest BCUT2D eigenvalue weighted by atomic mass is 32.2. The number of piperidine rings is 1. The molecule has 1 fully saturated rings. The van der Waals surface area contributed by atoms with Gasteiger partial charge in [0, 0.05) is 49.5 Å². The minimum atomic E-state index is -5.08. The number of aromatic nitrogens is 1. The van der Waals surface area contributed by atoms with Gasteiger partial charge in [0.05, 0.1) is 11.7 Å². The summed E-state index contributed by atoms with van der Waals surface area (Å²) >= 11 is 0. The molecule has 3 amide bonds. The van der Waals surface area contributed by atoms with Crippen LogP contribution in [0.3, 0.4) is 0 Å². The van der Waals surface area contributed by atoms with Crippen LogP contribution in [0.5, 0.6) is 0 Å². The maximum atomic E-state index is 13.9. The van der Waals surface area contributed by atoms with Gasteiger partial charge >= 0.3 is 12.1 Å². The molecule has 2 aliphatic heterocycles. The van der Waals surface area contributed by atoms with Gasteiger partial charge in [-0.05, 0) is 73.2 Å². The molecule has 0 radical (unpaired) electrons. The number of carboxylic acids is 1. The van der Waals surface area contributed by atoms with E-state index in [-0.39, 0.29) is 49.8 Å². The number of sulfonamides is 1. The molecule has 1 aromatic heterocycles. The van der Waals surface area contributed by atoms with Crippen LogP contribution in [0, 0.1) is 5.92 Å². The lowest BCUT2D eigenvalue weighted by Gasteiger charge is -2.33. The third kappa shape index (κ3) is 8.59. The van der Waals surface area contributed by atoms with E-state index >= 15 is 0 Å². The highest BCUT2D eigenvalue weighted by Crippen LogP contribution is 2.47. The number of anilines is 2. The van der Waals surface area contributed by atoms with Crippen molar-refractivity contribution in [1.82, 2.24) is 19.5 Å². The Hall–Kier alpha value is -4.87. The monoisotopic (exact) mass is 744 g/mol. The van der Waals surface area contributed by atoms with Crippen molar-refractivity contribution in [3.05, 3.63) is 88.6 Å². The lowest BCUT2D eigenvalue weighted by molar-refractivity contribution is -0.192. The zero-order chi connectivity index (χ0) is 37.8. The minimum absolute atomic E-state index is 0.0620. The van der Waals surface area contributed by atoms with Crippen molar-refractivity contribution in [2.45, 2.75) is 50.4 Å². The molecule has 3 aliphatic rings. The summed E-state index contributed by atoms with van der Waals surface area (Å²) < 4.78 is 57.2. The molecular formula is C35H39F3N6O7S. The Morgan fingerprint density at radius 2 is 1.69 bits per heavy atom. The average molecular weight is 745 g/mol. The van der Waals surface area contributed by atoms with Gasteiger partial charge in [-0.3, -0.25) is 14.4 Å². The maximum absolute atomic E-state index is 13.9. The van der Waals surface area contributed by atoms with E-state index in [1.54, 1.807) is 11.1 Å². The van der Waals surface area contributed by atoms with Gasteiger partial charge in [0.1, 0.15) is 12.4 Å². The number of nitrogens with zero attached hydrogens (tertiary/aromatic N) is 3. The van der Waals surface area contributed by atoms with E-state index in [4.69, 9.17) is 9.90 Å². The zero-order valence-electron chi connectivity index (χ0n) is 28.5. The highest BCUT2D eigenvalue weighted by molar-refractivity contribution is 7.88. The van der Waals surface area contributed by atoms with E-state index in [2.05, 4.69) is 20.9 Å². The van der Waals surface area contributed by atoms with Crippen molar-refractivity contribution in [3.8, 4) is 0 Å². The molecule has 278 valence electrons. The molecule has 4 N–H and O–H groups in total. The second-order valence-corrected chi connectivity index (χ2v) is 15.0. The quantitative estimate of drug-likeness (QED) is 0.257. The summed E-state index contributed by atoms with van der Waals surface area (Å²) in [7, 11) is -1.47. The number of alkyl halides is 3. The van der Waals surface area contributed by atoms with Gasteiger partial charge in [0.2, 0.25) is 27.7 Å². The van der Waals surface area contributed by atoms with E-state index in [0.717, 1.165) is 27.8 Å². The molecular weight excluding hydrogens is 705 g/mol. The van der Waals surface area contributed by atoms with Gasteiger partial charge in [-0.15, -0.1) is 0 Å². The number of carbonyl (C=O) groups is 4. The second kappa shape index (κ2) is 15.4. The van der Waals surface area contributed by atoms with Crippen LogP contribution in [0.15, 0.2) is 60.8 Å². The van der Waals surface area contributed by atoms with E-state index in [1.165, 1.54) is 10.6 Å². The predicted molar refractivity (Wildman–Crippen MR) is 184 cm³/mol. The molecule has 52 heavy (non-hydrogen) atoms. The molecule has 1 atom stereocenters. The Balaban J connectivity index is 0.000000679. The first-order chi connectivity index (χ1) is 24.5. The zero-order valence-corrected chi connectivity index (χ0v) is 29.3. The van der Waals surface area contributed by atoms with Crippen LogP contribution in [0.2, 0.25) is 0 Å². The number of aliphatic carboxylic acids is 1. The normalized spacial score (nSPS) is 18.5. The maximum Gasteiger partial charge on any atom is 0.490 e. The minimum Gasteiger partial charge on any atom is -0.475 e. The van der Waals surface area contributed by atoms with E-state index in [0.29, 0.717) is 43.7 Å². The summed E-state index contributed by atoms with van der Waals surface area (Å²) in [6.45, 7) is 1.28. The van der Waals surface area contributed by atoms with Crippen LogP contribution in [-0.2, 0) is 60.5 Å². The number of halogens is 3. The van der Waals surface area contributed by atoms with Gasteiger partial charge < -0.3 is 26.0 Å². The SMILES string of the molecule is CNCc1ccccc1CN(CC(=O)Nc1ccc2c(c1)CC1(C2)C(=O)Nc2ncccc21)C(=O)C1CCN(S(C)(=O)=O)CC1.O=C(O)C(F)(F)F. The van der Waals surface area contributed by atoms with Gasteiger partial charge in [-0.1, -0.05) is 36.4 Å². The van der Waals surface area contributed by atoms with Crippen LogP contribution in [0.4, 0.5) is 24.7 Å². The summed E-state index contributed by atoms with van der Waals surface area (Å²) in [6, 6.07) is 17.3. The van der Waals surface area contributed by atoms with Crippen molar-refractivity contribution < 1.29 is 45.9 Å². The van der Waals surface area contributed by atoms with Crippen molar-refractivity contribution in [2.24, 2.45) is 5.92 Å². The molecule has 17 heteroatoms. The van der Waals surface area contributed by atoms with Crippen molar-refractivity contribution in [2.75, 3.05) is 43.6 Å². The van der Waals surface area contributed by atoms with Gasteiger partial charge in [-0.2, -0.15) is 13.2 Å². The molecule has 1 spiro atoms. The molecule has 6 rings (SSSR count). The van der Waals surface area contributed by atoms with E-state index < -0.39 is 27.6 Å². The van der Waals surface area contributed by atoms with Crippen LogP contribution >= 0.6 is 0 Å². The summed E-state index contributed by atoms with van der Waals surface area (Å²) in [5.74, 6) is -3.08. The Morgan fingerprint density at radius 3 is 2.33 bits per heavy atom. The topological polar surface area (TPSA) is 178 Å². The molecule has 0 saturated carbocycles. The van der Waals surface area contributed by atoms with Gasteiger partial charge in [0.15, 0.2) is 0 Å². The summed E-state index contributed by atoms with van der Waals surface area (Å²) in [6.07, 6.45) is -0.354. The fourth-order valence-electron chi connectivity index (χ4n) is 6.90. The van der Waals surface area contributed by atoms with Crippen molar-refractivity contribution >= 4 is 45.2 Å². The number of benzene rings is 2. The first kappa shape index (κ1) is 38.4. The Bertz CT molecular complexity index is 1970. The van der Waals surface area contributed by atoms with Gasteiger partial charge in [0.25, 0.3) is 0 Å². The Morgan fingerprint density at radius 1 is 1.04 bits per heavy atom. The number of carboxylic acid groups (broad SMARTS) is 1. The van der Waals surface area contributed by atoms with Crippen LogP contribution in [-0.4, -0.2) is 90.5 Å². The number of pyridine rings is 1. The van der Waals surface area contributed by atoms with Crippen LogP contribution < -0.4 is 16.0 Å². The number of amides is 3. The molecule has 1 unspecified atom stereocenters. The number of nitrogens with one attached hydrogen (secondary N) is 3. The summed E-state index contributed by atoms with van der Waals surface area (Å²) in [5.41, 5.74) is 4.81. The number of fused-ring (bicyclic) bond motifs is 3. The fourth-order valence-corrected chi connectivity index (χ4v) is 7.78. The molecule has 0 bridgehead atoms. The first-order valence-electron chi connectivity index (χ1n) is 16.5. The second-order valence-electron chi connectivity index (χ2n) is 13.1. The molecule has 3 heterocycles. The van der Waals surface area contributed by atoms with Crippen LogP contribution in [0.25, 0.3) is 0 Å². The van der Waals surface area contributed by atoms with Crippen molar-refractivity contribution in [1.29, 1.82) is 0 Å². The molecule has 2 aromatic carbocycles. The largest absolute Gasteiger partial charge is 0.490 e. The lowest BCUT2D eigenvalue weighted by atomic mass is 9.79. The molecule has 1 aliphatic carbocycles. The predicted octanol–water partition coefficient (Wildman–Crippen LogP) is 3.06. The summed E-state index contributed by atoms with van der Waals surface area (Å²) in [5, 5.41) is 16.2. The molecule has 1 saturated heterocycles. The Labute approximate surface area is 298 Å². The highest BCUT2D eigenvalue weighted by Gasteiger charge is 2.51. The smallest absolute Gasteiger partial charge is 0.475 e. The average Bonchev–Trinajstić information content (AvgIpc) is 3.60. The molecule has 13 nitrogen and oxygen atoms in total. The van der Waals surface area contributed by atoms with E-state index in [1.807, 2.05) is 61.6 Å². The van der Waals surface area contributed by atoms with Gasteiger partial charge in [-0.25, -0.2) is 22.5 Å². The fraction of sp³-hybridized carbons (Fsp3) is 0.400. The number of hydrogen-bond donors (Lipinski definition) is 4. The number of hydrogen-bond acceptors (Lipinski definition) is 8. The lowest BCUT2D eigenvalue weighted by Crippen LogP contribution is -2.46.